The fraction of sp³-hybridized carbons (Fsp3) is 0.714. The first-order chi connectivity index (χ1) is 8.56. The minimum Gasteiger partial charge on any atom is -0.307 e. The van der Waals surface area contributed by atoms with Crippen LogP contribution in [-0.4, -0.2) is 23.2 Å². The molecule has 0 spiro atoms. The molecule has 0 aliphatic carbocycles. The molecule has 104 valence electrons. The van der Waals surface area contributed by atoms with E-state index < -0.39 is 0 Å². The molecule has 0 aliphatic heterocycles. The summed E-state index contributed by atoms with van der Waals surface area (Å²) >= 11 is 0. The largest absolute Gasteiger partial charge is 0.307 e. The number of nitrogens with one attached hydrogen (secondary N) is 1. The molecule has 1 aromatic heterocycles. The van der Waals surface area contributed by atoms with E-state index in [4.69, 9.17) is 0 Å². The fourth-order valence-corrected chi connectivity index (χ4v) is 1.98. The van der Waals surface area contributed by atoms with Gasteiger partial charge in [-0.05, 0) is 25.3 Å². The van der Waals surface area contributed by atoms with Crippen LogP contribution in [0.1, 0.15) is 56.4 Å². The molecule has 3 nitrogen and oxygen atoms in total. The van der Waals surface area contributed by atoms with E-state index in [1.807, 2.05) is 27.7 Å². The Morgan fingerprint density at radius 3 is 2.00 bits per heavy atom. The third-order valence-electron chi connectivity index (χ3n) is 2.50. The molecule has 0 saturated heterocycles. The van der Waals surface area contributed by atoms with Crippen LogP contribution in [0.5, 0.6) is 0 Å². The van der Waals surface area contributed by atoms with E-state index in [1.165, 1.54) is 5.56 Å². The molecule has 0 amide bonds. The Labute approximate surface area is 110 Å². The third kappa shape index (κ3) is 5.08. The van der Waals surface area contributed by atoms with Gasteiger partial charge in [0.15, 0.2) is 0 Å². The van der Waals surface area contributed by atoms with Crippen molar-refractivity contribution in [2.24, 2.45) is 0 Å². The van der Waals surface area contributed by atoms with E-state index in [2.05, 4.69) is 29.1 Å². The number of halogens is 1. The van der Waals surface area contributed by atoms with Gasteiger partial charge in [0, 0.05) is 17.9 Å². The van der Waals surface area contributed by atoms with Crippen LogP contribution in [0.4, 0.5) is 4.39 Å². The van der Waals surface area contributed by atoms with Gasteiger partial charge in [-0.15, -0.1) is 0 Å². The third-order valence-corrected chi connectivity index (χ3v) is 2.50. The van der Waals surface area contributed by atoms with Gasteiger partial charge in [0.2, 0.25) is 0 Å². The van der Waals surface area contributed by atoms with Gasteiger partial charge in [-0.3, -0.25) is 0 Å². The second kappa shape index (κ2) is 8.97. The summed E-state index contributed by atoms with van der Waals surface area (Å²) in [5.74, 6) is 1.18. The zero-order valence-corrected chi connectivity index (χ0v) is 12.5. The van der Waals surface area contributed by atoms with Crippen LogP contribution in [-0.2, 0) is 6.54 Å². The Morgan fingerprint density at radius 1 is 1.11 bits per heavy atom. The van der Waals surface area contributed by atoms with E-state index >= 15 is 0 Å². The van der Waals surface area contributed by atoms with E-state index in [9.17, 15) is 4.39 Å². The molecular formula is C14H26FN3. The first-order valence-corrected chi connectivity index (χ1v) is 6.67. The van der Waals surface area contributed by atoms with Crippen molar-refractivity contribution in [2.75, 3.05) is 13.2 Å². The number of hydrogen-bond acceptors (Lipinski definition) is 3. The summed E-state index contributed by atoms with van der Waals surface area (Å²) < 4.78 is 11.9. The maximum atomic E-state index is 11.9. The van der Waals surface area contributed by atoms with Crippen LogP contribution < -0.4 is 5.32 Å². The number of hydrogen-bond donors (Lipinski definition) is 1. The Balaban J connectivity index is 0.00000137. The van der Waals surface area contributed by atoms with Crippen LogP contribution in [0.3, 0.4) is 0 Å². The zero-order chi connectivity index (χ0) is 14.1. The first kappa shape index (κ1) is 17.0. The number of aromatic nitrogens is 2. The topological polar surface area (TPSA) is 37.8 Å². The Bertz CT molecular complexity index is 328. The summed E-state index contributed by atoms with van der Waals surface area (Å²) in [5.41, 5.74) is 3.27. The molecule has 0 fully saturated rings. The van der Waals surface area contributed by atoms with Gasteiger partial charge >= 0.3 is 0 Å². The molecule has 1 aromatic rings. The average Bonchev–Trinajstić information content (AvgIpc) is 2.30. The molecule has 1 rings (SSSR count). The predicted octanol–water partition coefficient (Wildman–Crippen LogP) is 3.30. The van der Waals surface area contributed by atoms with E-state index in [1.54, 1.807) is 0 Å². The van der Waals surface area contributed by atoms with Crippen molar-refractivity contribution in [2.45, 2.75) is 54.0 Å². The van der Waals surface area contributed by atoms with Crippen molar-refractivity contribution >= 4 is 0 Å². The quantitative estimate of drug-likeness (QED) is 0.820. The van der Waals surface area contributed by atoms with Gasteiger partial charge in [0.25, 0.3) is 0 Å². The highest BCUT2D eigenvalue weighted by Gasteiger charge is 2.11. The maximum absolute atomic E-state index is 11.9. The highest BCUT2D eigenvalue weighted by molar-refractivity contribution is 5.27. The molecule has 0 aromatic carbocycles. The highest BCUT2D eigenvalue weighted by atomic mass is 19.1. The Hall–Kier alpha value is -1.03. The molecule has 0 radical (unpaired) electrons. The molecule has 0 aliphatic rings. The van der Waals surface area contributed by atoms with Crippen LogP contribution in [0, 0.1) is 13.8 Å². The minimum atomic E-state index is -0.359. The van der Waals surface area contributed by atoms with Gasteiger partial charge in [-0.1, -0.05) is 27.7 Å². The summed E-state index contributed by atoms with van der Waals surface area (Å²) in [6.45, 7) is 12.8. The van der Waals surface area contributed by atoms with E-state index in [0.717, 1.165) is 17.2 Å². The van der Waals surface area contributed by atoms with Gasteiger partial charge in [-0.25, -0.2) is 14.4 Å². The lowest BCUT2D eigenvalue weighted by Gasteiger charge is -2.13. The second-order valence-electron chi connectivity index (χ2n) is 4.24. The number of alkyl halides is 1. The molecule has 4 heteroatoms. The van der Waals surface area contributed by atoms with Crippen molar-refractivity contribution in [3.05, 3.63) is 22.8 Å². The van der Waals surface area contributed by atoms with E-state index in [0.29, 0.717) is 19.0 Å². The number of aryl methyl sites for hydroxylation is 2. The van der Waals surface area contributed by atoms with Gasteiger partial charge < -0.3 is 5.32 Å². The summed E-state index contributed by atoms with van der Waals surface area (Å²) in [6.07, 6.45) is 0. The predicted molar refractivity (Wildman–Crippen MR) is 74.6 cm³/mol. The van der Waals surface area contributed by atoms with Gasteiger partial charge in [0.1, 0.15) is 12.5 Å². The van der Waals surface area contributed by atoms with Crippen LogP contribution in [0.25, 0.3) is 0 Å². The summed E-state index contributed by atoms with van der Waals surface area (Å²) in [5, 5.41) is 2.95. The molecular weight excluding hydrogens is 229 g/mol. The van der Waals surface area contributed by atoms with Crippen LogP contribution in [0.15, 0.2) is 0 Å². The Morgan fingerprint density at radius 2 is 1.61 bits per heavy atom. The van der Waals surface area contributed by atoms with Gasteiger partial charge in [0.05, 0.1) is 6.54 Å². The number of nitrogens with zero attached hydrogens (tertiary/aromatic N) is 2. The van der Waals surface area contributed by atoms with Crippen molar-refractivity contribution in [3.8, 4) is 0 Å². The average molecular weight is 255 g/mol. The lowest BCUT2D eigenvalue weighted by Crippen LogP contribution is -2.19. The van der Waals surface area contributed by atoms with Crippen molar-refractivity contribution in [1.29, 1.82) is 0 Å². The normalized spacial score (nSPS) is 10.2. The van der Waals surface area contributed by atoms with Crippen molar-refractivity contribution in [1.82, 2.24) is 15.3 Å². The maximum Gasteiger partial charge on any atom is 0.142 e. The zero-order valence-electron chi connectivity index (χ0n) is 12.5. The van der Waals surface area contributed by atoms with Crippen molar-refractivity contribution in [3.63, 3.8) is 0 Å². The number of rotatable bonds is 5. The standard InChI is InChI=1S/C12H20FN3.C2H6/c1-8(2)12-9(3)15-11(16-10(12)4)7-14-6-5-13;1-2/h8,14H,5-7H2,1-4H3;1-2H3. The SMILES string of the molecule is CC.Cc1nc(CNCCF)nc(C)c1C(C)C. The molecule has 1 N–H and O–H groups in total. The minimum absolute atomic E-state index is 0.355. The van der Waals surface area contributed by atoms with Crippen molar-refractivity contribution < 1.29 is 4.39 Å². The van der Waals surface area contributed by atoms with E-state index in [-0.39, 0.29) is 6.67 Å². The molecule has 0 saturated carbocycles. The van der Waals surface area contributed by atoms with Crippen LogP contribution >= 0.6 is 0 Å². The first-order valence-electron chi connectivity index (χ1n) is 6.67. The molecule has 18 heavy (non-hydrogen) atoms. The summed E-state index contributed by atoms with van der Waals surface area (Å²) in [4.78, 5) is 8.86. The molecule has 1 heterocycles. The smallest absolute Gasteiger partial charge is 0.142 e. The monoisotopic (exact) mass is 255 g/mol. The molecule has 0 bridgehead atoms. The van der Waals surface area contributed by atoms with Crippen LogP contribution in [0.2, 0.25) is 0 Å². The lowest BCUT2D eigenvalue weighted by molar-refractivity contribution is 0.463. The molecule has 0 unspecified atom stereocenters. The highest BCUT2D eigenvalue weighted by Crippen LogP contribution is 2.20. The van der Waals surface area contributed by atoms with Gasteiger partial charge in [-0.2, -0.15) is 0 Å². The Kier molecular flexibility index (Phi) is 8.46. The fourth-order valence-electron chi connectivity index (χ4n) is 1.98. The second-order valence-corrected chi connectivity index (χ2v) is 4.24. The summed E-state index contributed by atoms with van der Waals surface area (Å²) in [7, 11) is 0. The lowest BCUT2D eigenvalue weighted by atomic mass is 10.0. The molecule has 0 atom stereocenters. The summed E-state index contributed by atoms with van der Waals surface area (Å²) in [6, 6.07) is 0.